The van der Waals surface area contributed by atoms with Gasteiger partial charge in [0.1, 0.15) is 24.4 Å². The van der Waals surface area contributed by atoms with Crippen molar-refractivity contribution in [2.24, 2.45) is 0 Å². The fourth-order valence-electron chi connectivity index (χ4n) is 10.0. The van der Waals surface area contributed by atoms with Crippen LogP contribution in [0.1, 0.15) is 271 Å². The number of nitrogens with one attached hydrogen (secondary N) is 1. The first-order valence-electron chi connectivity index (χ1n) is 35.0. The summed E-state index contributed by atoms with van der Waals surface area (Å²) >= 11 is 0. The molecular weight excluding hydrogens is 1090 g/mol. The third-order valence-electron chi connectivity index (χ3n) is 15.5. The van der Waals surface area contributed by atoms with E-state index >= 15 is 0 Å². The van der Waals surface area contributed by atoms with Crippen LogP contribution in [-0.4, -0.2) is 99.6 Å². The summed E-state index contributed by atoms with van der Waals surface area (Å²) in [6.45, 7) is 5.63. The van der Waals surface area contributed by atoms with Gasteiger partial charge in [-0.25, -0.2) is 0 Å². The van der Waals surface area contributed by atoms with Crippen molar-refractivity contribution in [3.8, 4) is 0 Å². The van der Waals surface area contributed by atoms with Crippen molar-refractivity contribution in [1.82, 2.24) is 5.32 Å². The number of rotatable bonds is 58. The molecule has 1 heterocycles. The van der Waals surface area contributed by atoms with Gasteiger partial charge in [-0.15, -0.1) is 0 Å². The zero-order chi connectivity index (χ0) is 63.1. The third-order valence-corrected chi connectivity index (χ3v) is 15.5. The van der Waals surface area contributed by atoms with Crippen LogP contribution in [0.2, 0.25) is 0 Å². The summed E-state index contributed by atoms with van der Waals surface area (Å²) < 4.78 is 17.6. The molecule has 1 aliphatic rings. The lowest BCUT2D eigenvalue weighted by Gasteiger charge is -2.41. The van der Waals surface area contributed by atoms with Crippen LogP contribution in [0.5, 0.6) is 0 Å². The number of carbonyl (C=O) groups excluding carboxylic acids is 2. The molecule has 11 heteroatoms. The Balaban J connectivity index is 2.61. The maximum Gasteiger partial charge on any atom is 0.306 e. The Morgan fingerprint density at radius 1 is 0.460 bits per heavy atom. The predicted octanol–water partition coefficient (Wildman–Crippen LogP) is 18.0. The second-order valence-electron chi connectivity index (χ2n) is 23.5. The normalized spacial score (nSPS) is 19.1. The van der Waals surface area contributed by atoms with Gasteiger partial charge in [-0.05, 0) is 122 Å². The maximum atomic E-state index is 13.5. The van der Waals surface area contributed by atoms with E-state index in [4.69, 9.17) is 14.2 Å². The van der Waals surface area contributed by atoms with Gasteiger partial charge in [0.05, 0.1) is 25.4 Å². The zero-order valence-electron chi connectivity index (χ0n) is 55.1. The highest BCUT2D eigenvalue weighted by atomic mass is 16.7. The summed E-state index contributed by atoms with van der Waals surface area (Å²) in [5.41, 5.74) is 0. The Morgan fingerprint density at radius 3 is 1.26 bits per heavy atom. The molecule has 0 aromatic rings. The first-order chi connectivity index (χ1) is 42.7. The van der Waals surface area contributed by atoms with E-state index in [9.17, 15) is 35.1 Å². The number of esters is 1. The topological polar surface area (TPSA) is 175 Å². The van der Waals surface area contributed by atoms with Crippen molar-refractivity contribution in [3.05, 3.63) is 134 Å². The van der Waals surface area contributed by atoms with Crippen LogP contribution in [0.25, 0.3) is 0 Å². The Bertz CT molecular complexity index is 1930. The van der Waals surface area contributed by atoms with Crippen molar-refractivity contribution in [2.45, 2.75) is 320 Å². The second-order valence-corrected chi connectivity index (χ2v) is 23.5. The number of hydrogen-bond acceptors (Lipinski definition) is 10. The third kappa shape index (κ3) is 49.3. The molecule has 87 heavy (non-hydrogen) atoms. The maximum absolute atomic E-state index is 13.5. The van der Waals surface area contributed by atoms with Gasteiger partial charge >= 0.3 is 5.97 Å². The lowest BCUT2D eigenvalue weighted by atomic mass is 9.99. The van der Waals surface area contributed by atoms with Crippen LogP contribution in [0, 0.1) is 0 Å². The van der Waals surface area contributed by atoms with E-state index in [1.54, 1.807) is 6.08 Å². The quantitative estimate of drug-likeness (QED) is 0.0195. The molecule has 0 aromatic heterocycles. The van der Waals surface area contributed by atoms with E-state index in [-0.39, 0.29) is 19.4 Å². The number of amides is 1. The highest BCUT2D eigenvalue weighted by Gasteiger charge is 2.47. The number of aliphatic hydroxyl groups excluding tert-OH is 5. The lowest BCUT2D eigenvalue weighted by Crippen LogP contribution is -2.61. The summed E-state index contributed by atoms with van der Waals surface area (Å²) in [4.78, 5) is 26.7. The van der Waals surface area contributed by atoms with Crippen LogP contribution < -0.4 is 5.32 Å². The molecule has 8 atom stereocenters. The minimum Gasteiger partial charge on any atom is -0.454 e. The number of aliphatic hydroxyl groups is 5. The molecule has 1 aliphatic heterocycles. The number of carbonyl (C=O) groups is 2. The van der Waals surface area contributed by atoms with Gasteiger partial charge in [-0.2, -0.15) is 0 Å². The van der Waals surface area contributed by atoms with Gasteiger partial charge in [-0.1, -0.05) is 276 Å². The Kier molecular flexibility index (Phi) is 57.6. The lowest BCUT2D eigenvalue weighted by molar-refractivity contribution is -0.305. The molecule has 11 nitrogen and oxygen atoms in total. The molecule has 6 N–H and O–H groups in total. The van der Waals surface area contributed by atoms with E-state index in [0.717, 1.165) is 141 Å². The standard InChI is InChI=1S/C76H127NO10/c1-4-7-10-13-16-19-22-24-26-28-30-32-34-36-37-39-41-43-45-48-51-54-57-60-63-69(80)75(84)77-67(68(79)62-59-56-53-50-47-21-18-15-12-9-6-3)66-85-76-74(73(83)72(82)70(65-78)86-76)87-71(81)64-61-58-55-52-49-46-44-42-40-38-35-33-31-29-27-25-23-20-17-14-11-8-5-2/h8,11,16-17,19-20,24-27,30-33,36-38,40,44,46,59,62,67-70,72-74,76,78-80,82-83H,4-7,9-10,12-15,18,21-23,28-29,34-35,39,41-43,45,47-58,60-61,63-66H2,1-3H3,(H,77,84)/b11-8-,19-16-,20-17-,26-24-,27-25-,32-30-,33-31-,37-36-,40-38-,46-44-,62-59+. The summed E-state index contributed by atoms with van der Waals surface area (Å²) in [6, 6.07) is -1.04. The smallest absolute Gasteiger partial charge is 0.306 e. The van der Waals surface area contributed by atoms with Crippen molar-refractivity contribution >= 4 is 11.9 Å². The molecule has 1 rings (SSSR count). The molecule has 0 spiro atoms. The molecule has 0 aliphatic carbocycles. The number of hydrogen-bond donors (Lipinski definition) is 6. The number of unbranched alkanes of at least 4 members (excludes halogenated alkanes) is 24. The number of allylic oxidation sites excluding steroid dienone is 21. The van der Waals surface area contributed by atoms with Crippen molar-refractivity contribution < 1.29 is 49.3 Å². The van der Waals surface area contributed by atoms with Gasteiger partial charge in [0.15, 0.2) is 12.4 Å². The largest absolute Gasteiger partial charge is 0.454 e. The zero-order valence-corrected chi connectivity index (χ0v) is 55.1. The van der Waals surface area contributed by atoms with Gasteiger partial charge in [0.25, 0.3) is 0 Å². The molecule has 1 saturated heterocycles. The predicted molar refractivity (Wildman–Crippen MR) is 365 cm³/mol. The molecule has 1 amide bonds. The SMILES string of the molecule is CC/C=C\C/C=C\C/C=C\C/C=C\C/C=C\C/C=C\CCCCCCC(=O)OC1C(OCC(NC(=O)C(O)CCCCCCCCCC/C=C\C/C=C\C/C=C\C/C=C\CCCCC)C(O)/C=C/CCCCCCCCCCC)OC(CO)C(O)C1O. The number of ether oxygens (including phenoxy) is 3. The summed E-state index contributed by atoms with van der Waals surface area (Å²) in [5, 5.41) is 57.2. The van der Waals surface area contributed by atoms with Gasteiger partial charge in [0, 0.05) is 6.42 Å². The average Bonchev–Trinajstić information content (AvgIpc) is 2.93. The van der Waals surface area contributed by atoms with Crippen LogP contribution in [-0.2, 0) is 23.8 Å². The molecule has 1 fully saturated rings. The molecule has 0 bridgehead atoms. The first-order valence-corrected chi connectivity index (χ1v) is 35.0. The molecule has 0 radical (unpaired) electrons. The van der Waals surface area contributed by atoms with E-state index in [0.29, 0.717) is 12.8 Å². The highest BCUT2D eigenvalue weighted by molar-refractivity contribution is 5.80. The Hall–Kier alpha value is -4.20. The molecule has 8 unspecified atom stereocenters. The Labute approximate surface area is 531 Å². The van der Waals surface area contributed by atoms with Crippen molar-refractivity contribution in [2.75, 3.05) is 13.2 Å². The van der Waals surface area contributed by atoms with E-state index < -0.39 is 67.4 Å². The van der Waals surface area contributed by atoms with E-state index in [1.807, 2.05) is 6.08 Å². The monoisotopic (exact) mass is 1210 g/mol. The van der Waals surface area contributed by atoms with Gasteiger partial charge in [-0.3, -0.25) is 9.59 Å². The van der Waals surface area contributed by atoms with Crippen LogP contribution in [0.3, 0.4) is 0 Å². The molecular formula is C76H127NO10. The summed E-state index contributed by atoms with van der Waals surface area (Å²) in [7, 11) is 0. The van der Waals surface area contributed by atoms with E-state index in [2.05, 4.69) is 148 Å². The Morgan fingerprint density at radius 2 is 0.828 bits per heavy atom. The van der Waals surface area contributed by atoms with E-state index in [1.165, 1.54) is 83.5 Å². The minimum absolute atomic E-state index is 0.0856. The van der Waals surface area contributed by atoms with Gasteiger partial charge in [0.2, 0.25) is 5.91 Å². The minimum atomic E-state index is -1.64. The summed E-state index contributed by atoms with van der Waals surface area (Å²) in [6.07, 6.45) is 77.7. The van der Waals surface area contributed by atoms with Crippen LogP contribution >= 0.6 is 0 Å². The first kappa shape index (κ1) is 80.8. The van der Waals surface area contributed by atoms with Crippen LogP contribution in [0.4, 0.5) is 0 Å². The fourth-order valence-corrected chi connectivity index (χ4v) is 10.0. The molecule has 496 valence electrons. The van der Waals surface area contributed by atoms with Crippen molar-refractivity contribution in [3.63, 3.8) is 0 Å². The van der Waals surface area contributed by atoms with Crippen LogP contribution in [0.15, 0.2) is 134 Å². The second kappa shape index (κ2) is 62.0. The fraction of sp³-hybridized carbons (Fsp3) is 0.684. The molecule has 0 aromatic carbocycles. The summed E-state index contributed by atoms with van der Waals surface area (Å²) in [5.74, 6) is -1.23. The molecule has 0 saturated carbocycles. The van der Waals surface area contributed by atoms with Gasteiger partial charge < -0.3 is 45.1 Å². The highest BCUT2D eigenvalue weighted by Crippen LogP contribution is 2.26. The average molecular weight is 1210 g/mol. The van der Waals surface area contributed by atoms with Crippen molar-refractivity contribution in [1.29, 1.82) is 0 Å².